The molecule has 2 rings (SSSR count). The lowest BCUT2D eigenvalue weighted by molar-refractivity contribution is 0.630. The van der Waals surface area contributed by atoms with Crippen LogP contribution < -0.4 is 11.1 Å². The monoisotopic (exact) mass is 262 g/mol. The number of nitrogens with two attached hydrogens (primary N) is 1. The summed E-state index contributed by atoms with van der Waals surface area (Å²) in [5.41, 5.74) is 8.26. The molecule has 0 amide bonds. The van der Waals surface area contributed by atoms with Gasteiger partial charge in [0.05, 0.1) is 17.4 Å². The number of nitrogens with zero attached hydrogens (tertiary/aromatic N) is 1. The predicted octanol–water partition coefficient (Wildman–Crippen LogP) is 3.44. The normalized spacial score (nSPS) is 27.2. The van der Waals surface area contributed by atoms with Crippen molar-refractivity contribution in [1.29, 1.82) is 5.41 Å². The highest BCUT2D eigenvalue weighted by atomic mass is 15.0. The third-order valence-corrected chi connectivity index (χ3v) is 3.88. The molecule has 0 aromatic heterocycles. The Kier molecular flexibility index (Phi) is 5.43. The van der Waals surface area contributed by atoms with Crippen molar-refractivity contribution in [3.8, 4) is 0 Å². The van der Waals surface area contributed by atoms with Crippen LogP contribution in [0.2, 0.25) is 0 Å². The molecule has 0 bridgehead atoms. The summed E-state index contributed by atoms with van der Waals surface area (Å²) in [4.78, 5) is 4.64. The lowest BCUT2D eigenvalue weighted by Crippen LogP contribution is -2.25. The molecule has 0 aromatic carbocycles. The molecule has 4 N–H and O–H groups in total. The van der Waals surface area contributed by atoms with Gasteiger partial charge < -0.3 is 11.1 Å². The number of aliphatic imine (C=N–C) groups is 1. The Morgan fingerprint density at radius 1 is 0.842 bits per heavy atom. The Labute approximate surface area is 116 Å². The highest BCUT2D eigenvalue weighted by molar-refractivity contribution is 5.82. The maximum Gasteiger partial charge on any atom is 0.0993 e. The second-order valence-corrected chi connectivity index (χ2v) is 5.61. The van der Waals surface area contributed by atoms with Gasteiger partial charge in [0.1, 0.15) is 0 Å². The van der Waals surface area contributed by atoms with E-state index in [1.54, 1.807) is 0 Å². The molecule has 0 unspecified atom stereocenters. The molecule has 1 fully saturated rings. The fourth-order valence-electron chi connectivity index (χ4n) is 2.76. The van der Waals surface area contributed by atoms with Crippen molar-refractivity contribution in [2.75, 3.05) is 0 Å². The minimum Gasteiger partial charge on any atom is -0.387 e. The molecule has 1 saturated heterocycles. The average molecular weight is 262 g/mol. The van der Waals surface area contributed by atoms with Crippen molar-refractivity contribution >= 4 is 11.7 Å². The summed E-state index contributed by atoms with van der Waals surface area (Å²) in [6, 6.07) is 0. The van der Waals surface area contributed by atoms with Gasteiger partial charge in [-0.15, -0.1) is 0 Å². The average Bonchev–Trinajstić information content (AvgIpc) is 2.46. The van der Waals surface area contributed by atoms with E-state index >= 15 is 0 Å². The molecule has 2 aliphatic heterocycles. The van der Waals surface area contributed by atoms with Crippen molar-refractivity contribution in [1.82, 2.24) is 5.32 Å². The second-order valence-electron chi connectivity index (χ2n) is 5.61. The molecule has 2 heterocycles. The van der Waals surface area contributed by atoms with E-state index in [0.29, 0.717) is 5.84 Å². The Balaban J connectivity index is 2.19. The first-order valence-electron chi connectivity index (χ1n) is 7.65. The first-order chi connectivity index (χ1) is 9.25. The van der Waals surface area contributed by atoms with Crippen molar-refractivity contribution in [2.45, 2.75) is 70.6 Å². The van der Waals surface area contributed by atoms with Gasteiger partial charge in [0.25, 0.3) is 0 Å². The summed E-state index contributed by atoms with van der Waals surface area (Å²) in [7, 11) is 0. The maximum absolute atomic E-state index is 7.94. The van der Waals surface area contributed by atoms with E-state index in [9.17, 15) is 0 Å². The molecule has 0 aromatic rings. The largest absolute Gasteiger partial charge is 0.387 e. The van der Waals surface area contributed by atoms with E-state index in [-0.39, 0.29) is 0 Å². The molecule has 2 aliphatic rings. The lowest BCUT2D eigenvalue weighted by Gasteiger charge is -2.18. The van der Waals surface area contributed by atoms with E-state index in [1.165, 1.54) is 32.1 Å². The van der Waals surface area contributed by atoms with Crippen molar-refractivity contribution in [3.63, 3.8) is 0 Å². The first-order valence-corrected chi connectivity index (χ1v) is 7.65. The Hall–Kier alpha value is -1.32. The molecule has 106 valence electrons. The molecule has 0 aliphatic carbocycles. The van der Waals surface area contributed by atoms with Gasteiger partial charge >= 0.3 is 0 Å². The van der Waals surface area contributed by atoms with Gasteiger partial charge in [0.15, 0.2) is 0 Å². The third-order valence-electron chi connectivity index (χ3n) is 3.88. The fourth-order valence-corrected chi connectivity index (χ4v) is 2.76. The summed E-state index contributed by atoms with van der Waals surface area (Å²) < 4.78 is 0. The van der Waals surface area contributed by atoms with Crippen LogP contribution in [0.5, 0.6) is 0 Å². The smallest absolute Gasteiger partial charge is 0.0993 e. The highest BCUT2D eigenvalue weighted by Gasteiger charge is 2.13. The molecule has 0 spiro atoms. The van der Waals surface area contributed by atoms with E-state index in [1.807, 2.05) is 0 Å². The van der Waals surface area contributed by atoms with Crippen molar-refractivity contribution < 1.29 is 0 Å². The minimum atomic E-state index is 0.635. The molecular weight excluding hydrogens is 236 g/mol. The minimum absolute atomic E-state index is 0.635. The molecule has 0 radical (unpaired) electrons. The fraction of sp³-hybridized carbons (Fsp3) is 0.733. The van der Waals surface area contributed by atoms with Gasteiger partial charge in [-0.3, -0.25) is 5.41 Å². The number of amidine groups is 2. The van der Waals surface area contributed by atoms with Crippen LogP contribution in [0.3, 0.4) is 0 Å². The van der Waals surface area contributed by atoms with Crippen LogP contribution in [-0.4, -0.2) is 11.7 Å². The van der Waals surface area contributed by atoms with Gasteiger partial charge in [-0.05, 0) is 38.5 Å². The van der Waals surface area contributed by atoms with E-state index in [2.05, 4.69) is 10.3 Å². The van der Waals surface area contributed by atoms with Gasteiger partial charge in [-0.2, -0.15) is 0 Å². The molecule has 0 saturated carbocycles. The van der Waals surface area contributed by atoms with Gasteiger partial charge in [0, 0.05) is 18.5 Å². The zero-order valence-electron chi connectivity index (χ0n) is 11.8. The predicted molar refractivity (Wildman–Crippen MR) is 80.3 cm³/mol. The number of hydrogen-bond acceptors (Lipinski definition) is 3. The Morgan fingerprint density at radius 2 is 1.47 bits per heavy atom. The molecular formula is C15H26N4. The first kappa shape index (κ1) is 14.1. The van der Waals surface area contributed by atoms with Gasteiger partial charge in [0.2, 0.25) is 0 Å². The van der Waals surface area contributed by atoms with Crippen molar-refractivity contribution in [3.05, 3.63) is 11.4 Å². The number of hydrogen-bond donors (Lipinski definition) is 3. The van der Waals surface area contributed by atoms with Crippen LogP contribution in [0.4, 0.5) is 0 Å². The maximum atomic E-state index is 7.94. The standard InChI is InChI=1S/C15H26N4/c16-14-10-6-2-1-4-8-12(18-14)13-9-5-3-7-11-15(17)19-13/h1-11H2,(H2,16,18)(H2,17,19)/b13-12+. The molecule has 4 nitrogen and oxygen atoms in total. The summed E-state index contributed by atoms with van der Waals surface area (Å²) in [6.45, 7) is 0. The van der Waals surface area contributed by atoms with Crippen molar-refractivity contribution in [2.24, 2.45) is 10.7 Å². The molecule has 4 heteroatoms. The number of nitrogens with one attached hydrogen (secondary N) is 2. The molecule has 19 heavy (non-hydrogen) atoms. The van der Waals surface area contributed by atoms with Crippen LogP contribution in [0, 0.1) is 5.41 Å². The van der Waals surface area contributed by atoms with Gasteiger partial charge in [-0.25, -0.2) is 4.99 Å². The zero-order chi connectivity index (χ0) is 13.5. The Morgan fingerprint density at radius 3 is 2.32 bits per heavy atom. The summed E-state index contributed by atoms with van der Waals surface area (Å²) in [5.74, 6) is 1.40. The zero-order valence-corrected chi connectivity index (χ0v) is 11.8. The van der Waals surface area contributed by atoms with Crippen LogP contribution >= 0.6 is 0 Å². The SMILES string of the molecule is N=C1CCCCC/C(=C2/CCCCCCC(N)=N2)N1. The van der Waals surface area contributed by atoms with E-state index in [0.717, 1.165) is 55.8 Å². The summed E-state index contributed by atoms with van der Waals surface area (Å²) in [6.07, 6.45) is 12.1. The van der Waals surface area contributed by atoms with Crippen LogP contribution in [-0.2, 0) is 0 Å². The quantitative estimate of drug-likeness (QED) is 0.625. The lowest BCUT2D eigenvalue weighted by atomic mass is 10.0. The van der Waals surface area contributed by atoms with Crippen LogP contribution in [0.25, 0.3) is 0 Å². The summed E-state index contributed by atoms with van der Waals surface area (Å²) in [5, 5.41) is 11.2. The molecule has 0 atom stereocenters. The van der Waals surface area contributed by atoms with E-state index < -0.39 is 0 Å². The number of allylic oxidation sites excluding steroid dienone is 2. The van der Waals surface area contributed by atoms with Crippen LogP contribution in [0.1, 0.15) is 70.6 Å². The van der Waals surface area contributed by atoms with Gasteiger partial charge in [-0.1, -0.05) is 19.3 Å². The third kappa shape index (κ3) is 4.69. The van der Waals surface area contributed by atoms with E-state index in [4.69, 9.17) is 11.1 Å². The topological polar surface area (TPSA) is 74.3 Å². The Bertz CT molecular complexity index is 382. The van der Waals surface area contributed by atoms with Crippen LogP contribution in [0.15, 0.2) is 16.4 Å². The highest BCUT2D eigenvalue weighted by Crippen LogP contribution is 2.22. The summed E-state index contributed by atoms with van der Waals surface area (Å²) >= 11 is 0. The second kappa shape index (κ2) is 7.31. The number of rotatable bonds is 0.